The Hall–Kier alpha value is -4.54. The van der Waals surface area contributed by atoms with Crippen molar-refractivity contribution in [3.63, 3.8) is 0 Å². The number of benzene rings is 2. The number of ketones is 1. The van der Waals surface area contributed by atoms with E-state index >= 15 is 0 Å². The molecular formula is C28H24N6O. The summed E-state index contributed by atoms with van der Waals surface area (Å²) in [5.74, 6) is -0.0276. The second-order valence-electron chi connectivity index (χ2n) is 8.43. The zero-order valence-corrected chi connectivity index (χ0v) is 19.3. The van der Waals surface area contributed by atoms with Gasteiger partial charge in [0.1, 0.15) is 0 Å². The lowest BCUT2D eigenvalue weighted by atomic mass is 9.97. The fourth-order valence-corrected chi connectivity index (χ4v) is 4.18. The molecule has 5 aromatic rings. The summed E-state index contributed by atoms with van der Waals surface area (Å²) in [6.07, 6.45) is 8.05. The minimum Gasteiger partial charge on any atom is -0.303 e. The fourth-order valence-electron chi connectivity index (χ4n) is 4.18. The molecule has 0 amide bonds. The van der Waals surface area contributed by atoms with Crippen molar-refractivity contribution in [2.75, 3.05) is 6.54 Å². The Bertz CT molecular complexity index is 1510. The normalized spacial score (nSPS) is 11.9. The van der Waals surface area contributed by atoms with Gasteiger partial charge in [-0.1, -0.05) is 48.5 Å². The summed E-state index contributed by atoms with van der Waals surface area (Å²) in [7, 11) is 1.88. The van der Waals surface area contributed by atoms with Gasteiger partial charge in [-0.3, -0.25) is 9.48 Å². The molecule has 35 heavy (non-hydrogen) atoms. The highest BCUT2D eigenvalue weighted by Crippen LogP contribution is 2.24. The molecule has 7 nitrogen and oxygen atoms in total. The molecule has 0 aliphatic heterocycles. The van der Waals surface area contributed by atoms with Crippen LogP contribution in [0.2, 0.25) is 0 Å². The summed E-state index contributed by atoms with van der Waals surface area (Å²) >= 11 is 0. The van der Waals surface area contributed by atoms with Crippen LogP contribution in [-0.2, 0) is 13.5 Å². The molecule has 0 fully saturated rings. The zero-order valence-electron chi connectivity index (χ0n) is 19.3. The number of rotatable bonds is 8. The molecule has 1 atom stereocenters. The van der Waals surface area contributed by atoms with Crippen LogP contribution in [0.4, 0.5) is 0 Å². The van der Waals surface area contributed by atoms with Gasteiger partial charge in [0.25, 0.3) is 0 Å². The van der Waals surface area contributed by atoms with Gasteiger partial charge in [0.05, 0.1) is 41.1 Å². The van der Waals surface area contributed by atoms with E-state index in [9.17, 15) is 4.79 Å². The lowest BCUT2D eigenvalue weighted by Crippen LogP contribution is -2.30. The van der Waals surface area contributed by atoms with Crippen LogP contribution in [0.25, 0.3) is 16.6 Å². The first-order chi connectivity index (χ1) is 17.1. The maximum absolute atomic E-state index is 13.7. The Morgan fingerprint density at radius 3 is 2.49 bits per heavy atom. The molecule has 5 rings (SSSR count). The maximum Gasteiger partial charge on any atom is 0.188 e. The highest BCUT2D eigenvalue weighted by atomic mass is 16.1. The highest BCUT2D eigenvalue weighted by molar-refractivity contribution is 6.06. The van der Waals surface area contributed by atoms with E-state index in [1.165, 1.54) is 0 Å². The summed E-state index contributed by atoms with van der Waals surface area (Å²) in [5, 5.41) is 21.1. The van der Waals surface area contributed by atoms with Crippen LogP contribution in [0, 0.1) is 11.3 Å². The largest absolute Gasteiger partial charge is 0.303 e. The molecule has 0 bridgehead atoms. The quantitative estimate of drug-likeness (QED) is 0.348. The van der Waals surface area contributed by atoms with Gasteiger partial charge in [-0.05, 0) is 35.7 Å². The summed E-state index contributed by atoms with van der Waals surface area (Å²) < 4.78 is 3.50. The number of hydrogen-bond donors (Lipinski definition) is 1. The second kappa shape index (κ2) is 9.75. The number of aromatic nitrogens is 4. The van der Waals surface area contributed by atoms with Crippen LogP contribution >= 0.6 is 0 Å². The van der Waals surface area contributed by atoms with Gasteiger partial charge in [-0.15, -0.1) is 0 Å². The number of aryl methyl sites for hydroxylation is 1. The van der Waals surface area contributed by atoms with Crippen molar-refractivity contribution in [2.45, 2.75) is 12.5 Å². The molecule has 3 heterocycles. The molecule has 0 saturated carbocycles. The van der Waals surface area contributed by atoms with Crippen molar-refractivity contribution in [1.29, 1.82) is 5.26 Å². The van der Waals surface area contributed by atoms with E-state index in [0.29, 0.717) is 17.7 Å². The lowest BCUT2D eigenvalue weighted by Gasteiger charge is -2.18. The first-order valence-electron chi connectivity index (χ1n) is 11.4. The third kappa shape index (κ3) is 4.74. The minimum atomic E-state index is -0.499. The molecule has 3 aromatic heterocycles. The molecule has 0 radical (unpaired) electrons. The molecule has 2 aromatic carbocycles. The first-order valence-corrected chi connectivity index (χ1v) is 11.4. The van der Waals surface area contributed by atoms with Gasteiger partial charge < -0.3 is 5.32 Å². The van der Waals surface area contributed by atoms with Crippen molar-refractivity contribution < 1.29 is 4.79 Å². The SMILES string of the molecule is Cn1cc(-c2ccc3c(C(=O)[C@H](NCCc4ccc(C#N)cc4)c4ccccc4)cnn3c2)cn1. The predicted molar refractivity (Wildman–Crippen MR) is 134 cm³/mol. The Morgan fingerprint density at radius 1 is 0.971 bits per heavy atom. The van der Waals surface area contributed by atoms with Gasteiger partial charge in [0.15, 0.2) is 5.78 Å². The van der Waals surface area contributed by atoms with Crippen molar-refractivity contribution in [3.05, 3.63) is 114 Å². The number of carbonyl (C=O) groups is 1. The summed E-state index contributed by atoms with van der Waals surface area (Å²) in [5.41, 5.74) is 5.95. The predicted octanol–water partition coefficient (Wildman–Crippen LogP) is 4.36. The molecule has 0 saturated heterocycles. The van der Waals surface area contributed by atoms with E-state index in [4.69, 9.17) is 5.26 Å². The van der Waals surface area contributed by atoms with E-state index in [-0.39, 0.29) is 5.78 Å². The average Bonchev–Trinajstić information content (AvgIpc) is 3.53. The zero-order chi connectivity index (χ0) is 24.2. The standard InChI is InChI=1S/C28H24N6O/c1-33-18-24(16-31-33)23-11-12-26-25(17-32-34(26)19-23)28(35)27(22-5-3-2-4-6-22)30-14-13-20-7-9-21(15-29)10-8-20/h2-12,16-19,27,30H,13-14H2,1H3/t27-/m1/s1. The lowest BCUT2D eigenvalue weighted by molar-refractivity contribution is 0.0945. The van der Waals surface area contributed by atoms with Crippen LogP contribution in [0.3, 0.4) is 0 Å². The van der Waals surface area contributed by atoms with Gasteiger partial charge in [-0.2, -0.15) is 15.5 Å². The van der Waals surface area contributed by atoms with Crippen molar-refractivity contribution in [1.82, 2.24) is 24.7 Å². The summed E-state index contributed by atoms with van der Waals surface area (Å²) in [4.78, 5) is 13.7. The molecular weight excluding hydrogens is 436 g/mol. The number of pyridine rings is 1. The van der Waals surface area contributed by atoms with Crippen LogP contribution in [0.15, 0.2) is 91.5 Å². The van der Waals surface area contributed by atoms with Crippen molar-refractivity contribution >= 4 is 11.3 Å². The summed E-state index contributed by atoms with van der Waals surface area (Å²) in [6.45, 7) is 0.613. The van der Waals surface area contributed by atoms with Crippen LogP contribution in [-0.4, -0.2) is 31.7 Å². The van der Waals surface area contributed by atoms with Gasteiger partial charge in [-0.25, -0.2) is 4.52 Å². The number of Topliss-reactive ketones (excluding diaryl/α,β-unsaturated/α-hetero) is 1. The Labute approximate surface area is 203 Å². The summed E-state index contributed by atoms with van der Waals surface area (Å²) in [6, 6.07) is 22.8. The molecule has 1 N–H and O–H groups in total. The number of carbonyl (C=O) groups excluding carboxylic acids is 1. The number of fused-ring (bicyclic) bond motifs is 1. The van der Waals surface area contributed by atoms with Gasteiger partial charge in [0, 0.05) is 37.1 Å². The van der Waals surface area contributed by atoms with Crippen LogP contribution < -0.4 is 5.32 Å². The molecule has 0 spiro atoms. The average molecular weight is 461 g/mol. The highest BCUT2D eigenvalue weighted by Gasteiger charge is 2.24. The Kier molecular flexibility index (Phi) is 6.20. The maximum atomic E-state index is 13.7. The van der Waals surface area contributed by atoms with E-state index in [1.807, 2.05) is 86.2 Å². The number of hydrogen-bond acceptors (Lipinski definition) is 5. The van der Waals surface area contributed by atoms with E-state index < -0.39 is 6.04 Å². The van der Waals surface area contributed by atoms with E-state index in [2.05, 4.69) is 21.6 Å². The third-order valence-corrected chi connectivity index (χ3v) is 6.06. The number of nitriles is 1. The van der Waals surface area contributed by atoms with Gasteiger partial charge in [0.2, 0.25) is 0 Å². The van der Waals surface area contributed by atoms with Crippen molar-refractivity contribution in [3.8, 4) is 17.2 Å². The molecule has 0 aliphatic rings. The smallest absolute Gasteiger partial charge is 0.188 e. The van der Waals surface area contributed by atoms with Crippen LogP contribution in [0.1, 0.15) is 33.1 Å². The topological polar surface area (TPSA) is 88.0 Å². The van der Waals surface area contributed by atoms with Gasteiger partial charge >= 0.3 is 0 Å². The molecule has 0 aliphatic carbocycles. The monoisotopic (exact) mass is 460 g/mol. The third-order valence-electron chi connectivity index (χ3n) is 6.06. The molecule has 0 unspecified atom stereocenters. The number of nitrogens with zero attached hydrogens (tertiary/aromatic N) is 5. The fraction of sp³-hybridized carbons (Fsp3) is 0.143. The Balaban J connectivity index is 1.39. The molecule has 7 heteroatoms. The van der Waals surface area contributed by atoms with E-state index in [0.717, 1.165) is 34.2 Å². The van der Waals surface area contributed by atoms with Crippen molar-refractivity contribution in [2.24, 2.45) is 7.05 Å². The molecule has 172 valence electrons. The number of nitrogens with one attached hydrogen (secondary N) is 1. The Morgan fingerprint density at radius 2 is 1.77 bits per heavy atom. The second-order valence-corrected chi connectivity index (χ2v) is 8.43. The van der Waals surface area contributed by atoms with E-state index in [1.54, 1.807) is 21.6 Å². The first kappa shape index (κ1) is 22.3. The minimum absolute atomic E-state index is 0.0276. The van der Waals surface area contributed by atoms with Crippen LogP contribution in [0.5, 0.6) is 0 Å².